The van der Waals surface area contributed by atoms with Crippen LogP contribution in [-0.2, 0) is 9.53 Å². The molecule has 2 saturated heterocycles. The molecule has 0 unspecified atom stereocenters. The summed E-state index contributed by atoms with van der Waals surface area (Å²) in [6.07, 6.45) is 4.97. The molecule has 4 heteroatoms. The van der Waals surface area contributed by atoms with Crippen LogP contribution >= 0.6 is 0 Å². The SMILES string of the molecule is O=C1NCC[C@@H]1N[C@@H]1CCO[C@@H]1C1CC1. The van der Waals surface area contributed by atoms with E-state index in [-0.39, 0.29) is 11.9 Å². The molecule has 2 heterocycles. The smallest absolute Gasteiger partial charge is 0.237 e. The molecule has 0 spiro atoms. The van der Waals surface area contributed by atoms with Gasteiger partial charge in [0.05, 0.1) is 12.1 Å². The molecule has 3 atom stereocenters. The third kappa shape index (κ3) is 1.88. The van der Waals surface area contributed by atoms with Gasteiger partial charge in [0, 0.05) is 19.2 Å². The van der Waals surface area contributed by atoms with Gasteiger partial charge in [-0.3, -0.25) is 4.79 Å². The molecule has 4 nitrogen and oxygen atoms in total. The lowest BCUT2D eigenvalue weighted by Gasteiger charge is -2.22. The predicted molar refractivity (Wildman–Crippen MR) is 55.4 cm³/mol. The summed E-state index contributed by atoms with van der Waals surface area (Å²) in [6, 6.07) is 0.435. The van der Waals surface area contributed by atoms with E-state index in [1.807, 2.05) is 0 Å². The minimum Gasteiger partial charge on any atom is -0.376 e. The predicted octanol–water partition coefficient (Wildman–Crippen LogP) is 0.0320. The number of hydrogen-bond acceptors (Lipinski definition) is 3. The van der Waals surface area contributed by atoms with E-state index in [0.29, 0.717) is 12.1 Å². The second-order valence-electron chi connectivity index (χ2n) is 4.87. The van der Waals surface area contributed by atoms with Crippen LogP contribution in [0.4, 0.5) is 0 Å². The van der Waals surface area contributed by atoms with Crippen molar-refractivity contribution >= 4 is 5.91 Å². The van der Waals surface area contributed by atoms with Crippen molar-refractivity contribution in [3.63, 3.8) is 0 Å². The first kappa shape index (κ1) is 9.60. The maximum atomic E-state index is 11.4. The Hall–Kier alpha value is -0.610. The first-order valence-corrected chi connectivity index (χ1v) is 6.00. The highest BCUT2D eigenvalue weighted by atomic mass is 16.5. The van der Waals surface area contributed by atoms with Gasteiger partial charge >= 0.3 is 0 Å². The molecule has 0 aromatic rings. The Kier molecular flexibility index (Phi) is 2.41. The van der Waals surface area contributed by atoms with E-state index in [2.05, 4.69) is 10.6 Å². The van der Waals surface area contributed by atoms with Gasteiger partial charge in [0.25, 0.3) is 0 Å². The molecule has 0 radical (unpaired) electrons. The van der Waals surface area contributed by atoms with Crippen LogP contribution in [0.2, 0.25) is 0 Å². The molecular formula is C11H18N2O2. The summed E-state index contributed by atoms with van der Waals surface area (Å²) in [5.41, 5.74) is 0. The van der Waals surface area contributed by atoms with E-state index in [0.717, 1.165) is 31.9 Å². The van der Waals surface area contributed by atoms with Gasteiger partial charge in [-0.15, -0.1) is 0 Å². The molecule has 1 aliphatic carbocycles. The van der Waals surface area contributed by atoms with Gasteiger partial charge in [-0.25, -0.2) is 0 Å². The molecule has 1 amide bonds. The zero-order chi connectivity index (χ0) is 10.3. The largest absolute Gasteiger partial charge is 0.376 e. The summed E-state index contributed by atoms with van der Waals surface area (Å²) in [6.45, 7) is 1.67. The highest BCUT2D eigenvalue weighted by Crippen LogP contribution is 2.38. The van der Waals surface area contributed by atoms with E-state index in [1.54, 1.807) is 0 Å². The topological polar surface area (TPSA) is 50.4 Å². The van der Waals surface area contributed by atoms with E-state index in [1.165, 1.54) is 12.8 Å². The van der Waals surface area contributed by atoms with Gasteiger partial charge in [-0.1, -0.05) is 0 Å². The minimum atomic E-state index is 0.0259. The summed E-state index contributed by atoms with van der Waals surface area (Å²) in [4.78, 5) is 11.4. The fourth-order valence-corrected chi connectivity index (χ4v) is 2.69. The molecule has 0 aromatic heterocycles. The van der Waals surface area contributed by atoms with Crippen LogP contribution in [0, 0.1) is 5.92 Å². The van der Waals surface area contributed by atoms with Gasteiger partial charge in [0.15, 0.2) is 0 Å². The highest BCUT2D eigenvalue weighted by molar-refractivity contribution is 5.83. The molecule has 3 fully saturated rings. The Morgan fingerprint density at radius 2 is 2.13 bits per heavy atom. The van der Waals surface area contributed by atoms with Gasteiger partial charge in [0.1, 0.15) is 0 Å². The monoisotopic (exact) mass is 210 g/mol. The van der Waals surface area contributed by atoms with E-state index in [4.69, 9.17) is 4.74 Å². The number of hydrogen-bond donors (Lipinski definition) is 2. The maximum absolute atomic E-state index is 11.4. The van der Waals surface area contributed by atoms with Crippen LogP contribution in [0.1, 0.15) is 25.7 Å². The number of carbonyl (C=O) groups is 1. The number of amides is 1. The van der Waals surface area contributed by atoms with Crippen molar-refractivity contribution < 1.29 is 9.53 Å². The maximum Gasteiger partial charge on any atom is 0.237 e. The zero-order valence-corrected chi connectivity index (χ0v) is 8.87. The molecule has 3 rings (SSSR count). The zero-order valence-electron chi connectivity index (χ0n) is 8.87. The Bertz CT molecular complexity index is 265. The second-order valence-corrected chi connectivity index (χ2v) is 4.87. The molecule has 1 saturated carbocycles. The average Bonchev–Trinajstić information content (AvgIpc) is 2.85. The fraction of sp³-hybridized carbons (Fsp3) is 0.909. The fourth-order valence-electron chi connectivity index (χ4n) is 2.69. The minimum absolute atomic E-state index is 0.0259. The molecular weight excluding hydrogens is 192 g/mol. The summed E-state index contributed by atoms with van der Waals surface area (Å²) < 4.78 is 5.74. The number of nitrogens with one attached hydrogen (secondary N) is 2. The summed E-state index contributed by atoms with van der Waals surface area (Å²) in [5.74, 6) is 0.922. The highest BCUT2D eigenvalue weighted by Gasteiger charge is 2.42. The van der Waals surface area contributed by atoms with Gasteiger partial charge in [0.2, 0.25) is 5.91 Å². The number of carbonyl (C=O) groups excluding carboxylic acids is 1. The average molecular weight is 210 g/mol. The third-order valence-corrected chi connectivity index (χ3v) is 3.69. The Labute approximate surface area is 89.7 Å². The number of rotatable bonds is 3. The Morgan fingerprint density at radius 3 is 2.80 bits per heavy atom. The molecule has 2 aliphatic heterocycles. The summed E-state index contributed by atoms with van der Waals surface area (Å²) >= 11 is 0. The van der Waals surface area contributed by atoms with E-state index in [9.17, 15) is 4.79 Å². The summed E-state index contributed by atoms with van der Waals surface area (Å²) in [7, 11) is 0. The molecule has 2 N–H and O–H groups in total. The first-order chi connectivity index (χ1) is 7.34. The van der Waals surface area contributed by atoms with Crippen molar-refractivity contribution in [3.05, 3.63) is 0 Å². The van der Waals surface area contributed by atoms with Gasteiger partial charge in [-0.2, -0.15) is 0 Å². The van der Waals surface area contributed by atoms with Crippen molar-refractivity contribution in [2.24, 2.45) is 5.92 Å². The van der Waals surface area contributed by atoms with Crippen LogP contribution in [0.25, 0.3) is 0 Å². The van der Waals surface area contributed by atoms with Crippen LogP contribution in [0.15, 0.2) is 0 Å². The molecule has 0 bridgehead atoms. The Morgan fingerprint density at radius 1 is 1.27 bits per heavy atom. The molecule has 84 valence electrons. The molecule has 3 aliphatic rings. The van der Waals surface area contributed by atoms with Crippen molar-refractivity contribution in [1.82, 2.24) is 10.6 Å². The Balaban J connectivity index is 1.59. The standard InChI is InChI=1S/C11H18N2O2/c14-11-9(3-5-12-11)13-8-4-6-15-10(8)7-1-2-7/h7-10,13H,1-6H2,(H,12,14)/t8-,9+,10-/m1/s1. The van der Waals surface area contributed by atoms with Crippen molar-refractivity contribution in [2.75, 3.05) is 13.2 Å². The van der Waals surface area contributed by atoms with Crippen LogP contribution < -0.4 is 10.6 Å². The second kappa shape index (κ2) is 3.76. The summed E-state index contributed by atoms with van der Waals surface area (Å²) in [5, 5.41) is 6.32. The quantitative estimate of drug-likeness (QED) is 0.691. The van der Waals surface area contributed by atoms with Crippen LogP contribution in [0.5, 0.6) is 0 Å². The van der Waals surface area contributed by atoms with Crippen molar-refractivity contribution in [3.8, 4) is 0 Å². The number of ether oxygens (including phenoxy) is 1. The van der Waals surface area contributed by atoms with E-state index >= 15 is 0 Å². The van der Waals surface area contributed by atoms with Crippen LogP contribution in [0.3, 0.4) is 0 Å². The molecule has 0 aromatic carbocycles. The van der Waals surface area contributed by atoms with Crippen LogP contribution in [-0.4, -0.2) is 37.2 Å². The van der Waals surface area contributed by atoms with Gasteiger partial charge in [-0.05, 0) is 31.6 Å². The first-order valence-electron chi connectivity index (χ1n) is 6.00. The molecule has 15 heavy (non-hydrogen) atoms. The van der Waals surface area contributed by atoms with Gasteiger partial charge < -0.3 is 15.4 Å². The van der Waals surface area contributed by atoms with E-state index < -0.39 is 0 Å². The van der Waals surface area contributed by atoms with Crippen molar-refractivity contribution in [2.45, 2.75) is 43.9 Å². The van der Waals surface area contributed by atoms with Crippen molar-refractivity contribution in [1.29, 1.82) is 0 Å². The third-order valence-electron chi connectivity index (χ3n) is 3.69. The lowest BCUT2D eigenvalue weighted by molar-refractivity contribution is -0.121. The lowest BCUT2D eigenvalue weighted by Crippen LogP contribution is -2.46. The lowest BCUT2D eigenvalue weighted by atomic mass is 10.0. The normalized spacial score (nSPS) is 40.8.